The van der Waals surface area contributed by atoms with Gasteiger partial charge in [-0.25, -0.2) is 9.97 Å². The number of methoxy groups -OCH3 is 2. The average Bonchev–Trinajstić information content (AvgIpc) is 3.83. The van der Waals surface area contributed by atoms with Crippen molar-refractivity contribution in [2.75, 3.05) is 27.3 Å². The lowest BCUT2D eigenvalue weighted by Gasteiger charge is -2.44. The Hall–Kier alpha value is -4.23. The molecule has 3 aliphatic heterocycles. The number of ether oxygens (including phenoxy) is 2. The first-order valence-corrected chi connectivity index (χ1v) is 19.1. The van der Waals surface area contributed by atoms with Crippen LogP contribution in [0.15, 0.2) is 54.6 Å². The summed E-state index contributed by atoms with van der Waals surface area (Å²) in [5.41, 5.74) is 3.60. The Labute approximate surface area is 323 Å². The van der Waals surface area contributed by atoms with E-state index in [-0.39, 0.29) is 42.1 Å². The number of likely N-dealkylation sites (tertiary alicyclic amines) is 1. The first-order chi connectivity index (χ1) is 26.2. The van der Waals surface area contributed by atoms with Crippen molar-refractivity contribution in [1.29, 1.82) is 0 Å². The number of pyridine rings is 2. The maximum atomic E-state index is 14.8. The van der Waals surface area contributed by atoms with E-state index in [1.165, 1.54) is 7.11 Å². The molecule has 4 aliphatic rings. The molecular formula is C42H44ClF3N4O5. The summed E-state index contributed by atoms with van der Waals surface area (Å²) in [5.74, 6) is -0.574. The highest BCUT2D eigenvalue weighted by atomic mass is 35.5. The molecule has 5 heterocycles. The van der Waals surface area contributed by atoms with E-state index < -0.39 is 28.8 Å². The molecule has 3 fully saturated rings. The molecule has 290 valence electrons. The van der Waals surface area contributed by atoms with Gasteiger partial charge >= 0.3 is 12.1 Å². The maximum absolute atomic E-state index is 14.8. The van der Waals surface area contributed by atoms with Crippen LogP contribution in [0.25, 0.3) is 22.4 Å². The lowest BCUT2D eigenvalue weighted by molar-refractivity contribution is -0.149. The van der Waals surface area contributed by atoms with E-state index in [0.717, 1.165) is 39.4 Å². The van der Waals surface area contributed by atoms with Crippen LogP contribution in [0.3, 0.4) is 0 Å². The first-order valence-electron chi connectivity index (χ1n) is 18.7. The highest BCUT2D eigenvalue weighted by Gasteiger charge is 2.56. The second-order valence-electron chi connectivity index (χ2n) is 15.8. The molecule has 3 saturated heterocycles. The van der Waals surface area contributed by atoms with E-state index in [0.29, 0.717) is 74.8 Å². The Morgan fingerprint density at radius 1 is 0.927 bits per heavy atom. The van der Waals surface area contributed by atoms with Gasteiger partial charge in [0, 0.05) is 54.5 Å². The number of carboxylic acids is 1. The molecule has 1 atom stereocenters. The first kappa shape index (κ1) is 37.7. The van der Waals surface area contributed by atoms with E-state index in [9.17, 15) is 28.2 Å². The Bertz CT molecular complexity index is 2140. The van der Waals surface area contributed by atoms with Gasteiger partial charge in [-0.15, -0.1) is 0 Å². The number of hydrogen-bond acceptors (Lipinski definition) is 8. The molecule has 13 heteroatoms. The number of hydrogen-bond donors (Lipinski definition) is 2. The second-order valence-corrected chi connectivity index (χ2v) is 16.2. The molecule has 2 bridgehead atoms. The fourth-order valence-corrected chi connectivity index (χ4v) is 9.98. The predicted molar refractivity (Wildman–Crippen MR) is 201 cm³/mol. The summed E-state index contributed by atoms with van der Waals surface area (Å²) < 4.78 is 55.5. The van der Waals surface area contributed by atoms with Crippen LogP contribution in [0, 0.1) is 0 Å². The zero-order chi connectivity index (χ0) is 38.9. The van der Waals surface area contributed by atoms with Gasteiger partial charge in [-0.1, -0.05) is 54.1 Å². The number of fused-ring (bicyclic) bond motifs is 3. The molecule has 0 saturated carbocycles. The molecule has 9 nitrogen and oxygen atoms in total. The Balaban J connectivity index is 1.07. The van der Waals surface area contributed by atoms with E-state index in [1.54, 1.807) is 7.11 Å². The molecule has 8 rings (SSSR count). The number of aromatic nitrogens is 2. The summed E-state index contributed by atoms with van der Waals surface area (Å²) in [6.45, 7) is 3.59. The Morgan fingerprint density at radius 2 is 1.60 bits per heavy atom. The van der Waals surface area contributed by atoms with Crippen LogP contribution in [-0.4, -0.2) is 80.4 Å². The van der Waals surface area contributed by atoms with E-state index in [1.807, 2.05) is 60.4 Å². The number of benzene rings is 2. The highest BCUT2D eigenvalue weighted by Crippen LogP contribution is 2.49. The monoisotopic (exact) mass is 776 g/mol. The van der Waals surface area contributed by atoms with Gasteiger partial charge < -0.3 is 19.7 Å². The quantitative estimate of drug-likeness (QED) is 0.157. The standard InChI is InChI=1S/C42H44ClF3N4O5/c1-40(53)22-49(23-40)20-25-11-13-34(47-37(25)54-2)32-9-5-8-31(36(32)43)29-7-4-6-28-24(10-12-30(28)29)19-35-33(42(44,45)46)18-26(38(48-35)55-3)21-50-27-14-16-41(50,17-15-27)39(51)52/h4-9,11,13,18,24,27,53H,10,12,14-17,19-23H2,1-3H3,(H,51,52)/t24-,27?,41?/m1/s1. The Kier molecular flexibility index (Phi) is 9.63. The minimum atomic E-state index is -4.67. The number of halogens is 4. The number of rotatable bonds is 11. The number of carbonyl (C=O) groups is 1. The molecule has 2 aromatic carbocycles. The fraction of sp³-hybridized carbons (Fsp3) is 0.452. The third-order valence-electron chi connectivity index (χ3n) is 12.2. The minimum absolute atomic E-state index is 0.00771. The van der Waals surface area contributed by atoms with Gasteiger partial charge in [0.1, 0.15) is 5.54 Å². The summed E-state index contributed by atoms with van der Waals surface area (Å²) in [6, 6.07) is 16.7. The topological polar surface area (TPSA) is 108 Å². The number of aliphatic hydroxyl groups is 1. The van der Waals surface area contributed by atoms with Gasteiger partial charge in [0.2, 0.25) is 11.8 Å². The third kappa shape index (κ3) is 6.74. The Morgan fingerprint density at radius 3 is 2.27 bits per heavy atom. The largest absolute Gasteiger partial charge is 0.481 e. The van der Waals surface area contributed by atoms with Crippen molar-refractivity contribution < 1.29 is 37.7 Å². The van der Waals surface area contributed by atoms with Crippen LogP contribution in [0.4, 0.5) is 13.2 Å². The van der Waals surface area contributed by atoms with Crippen LogP contribution in [0.5, 0.6) is 11.8 Å². The minimum Gasteiger partial charge on any atom is -0.481 e. The molecule has 4 aromatic rings. The maximum Gasteiger partial charge on any atom is 0.418 e. The lowest BCUT2D eigenvalue weighted by atomic mass is 9.88. The van der Waals surface area contributed by atoms with Gasteiger partial charge in [-0.05, 0) is 86.6 Å². The summed E-state index contributed by atoms with van der Waals surface area (Å²) in [4.78, 5) is 25.6. The zero-order valence-electron chi connectivity index (χ0n) is 31.0. The van der Waals surface area contributed by atoms with Gasteiger partial charge in [0.25, 0.3) is 0 Å². The molecule has 0 spiro atoms. The molecule has 0 amide bonds. The van der Waals surface area contributed by atoms with E-state index >= 15 is 0 Å². The van der Waals surface area contributed by atoms with Gasteiger partial charge in [0.15, 0.2) is 0 Å². The summed E-state index contributed by atoms with van der Waals surface area (Å²) >= 11 is 7.15. The fourth-order valence-electron chi connectivity index (χ4n) is 9.66. The smallest absolute Gasteiger partial charge is 0.418 e. The summed E-state index contributed by atoms with van der Waals surface area (Å²) in [7, 11) is 2.97. The van der Waals surface area contributed by atoms with Crippen molar-refractivity contribution in [3.63, 3.8) is 0 Å². The predicted octanol–water partition coefficient (Wildman–Crippen LogP) is 7.92. The average molecular weight is 777 g/mol. The number of β-amino-alcohol motifs (C(OH)–C–C–N with tert-alkyl or cyclic N) is 1. The number of nitrogens with zero attached hydrogens (tertiary/aromatic N) is 4. The van der Waals surface area contributed by atoms with Crippen LogP contribution in [0.1, 0.15) is 78.5 Å². The molecule has 2 aromatic heterocycles. The van der Waals surface area contributed by atoms with Crippen molar-refractivity contribution in [2.24, 2.45) is 0 Å². The van der Waals surface area contributed by atoms with Crippen molar-refractivity contribution in [1.82, 2.24) is 19.8 Å². The molecule has 1 aliphatic carbocycles. The normalized spacial score (nSPS) is 23.1. The second kappa shape index (κ2) is 14.1. The number of aliphatic carboxylic acids is 1. The summed E-state index contributed by atoms with van der Waals surface area (Å²) in [5, 5.41) is 20.7. The van der Waals surface area contributed by atoms with Crippen LogP contribution in [-0.2, 0) is 36.9 Å². The molecular weight excluding hydrogens is 733 g/mol. The van der Waals surface area contributed by atoms with Crippen molar-refractivity contribution in [3.8, 4) is 34.1 Å². The molecule has 0 unspecified atom stereocenters. The van der Waals surface area contributed by atoms with Gasteiger partial charge in [-0.2, -0.15) is 13.2 Å². The van der Waals surface area contributed by atoms with Gasteiger partial charge in [0.05, 0.1) is 41.8 Å². The molecule has 55 heavy (non-hydrogen) atoms. The summed E-state index contributed by atoms with van der Waals surface area (Å²) in [6.07, 6.45) is -0.943. The number of alkyl halides is 3. The van der Waals surface area contributed by atoms with Crippen molar-refractivity contribution in [2.45, 2.75) is 94.2 Å². The highest BCUT2D eigenvalue weighted by molar-refractivity contribution is 6.36. The lowest BCUT2D eigenvalue weighted by Crippen LogP contribution is -2.59. The SMILES string of the molecule is COc1nc(-c2cccc(-c3cccc4c3CC[C@@H]4Cc3nc(OC)c(CN4C5CCC4(C(=O)O)CC5)cc3C(F)(F)F)c2Cl)ccc1CN1CC(C)(O)C1. The molecule has 0 radical (unpaired) electrons. The van der Waals surface area contributed by atoms with Crippen LogP contribution >= 0.6 is 11.6 Å². The zero-order valence-corrected chi connectivity index (χ0v) is 31.8. The van der Waals surface area contributed by atoms with Crippen LogP contribution < -0.4 is 9.47 Å². The van der Waals surface area contributed by atoms with Crippen molar-refractivity contribution >= 4 is 17.6 Å². The van der Waals surface area contributed by atoms with E-state index in [4.69, 9.17) is 26.1 Å². The third-order valence-corrected chi connectivity index (χ3v) is 12.6. The van der Waals surface area contributed by atoms with E-state index in [2.05, 4.69) is 9.88 Å². The van der Waals surface area contributed by atoms with Crippen LogP contribution in [0.2, 0.25) is 5.02 Å². The van der Waals surface area contributed by atoms with Crippen molar-refractivity contribution in [3.05, 3.63) is 93.1 Å². The van der Waals surface area contributed by atoms with Gasteiger partial charge in [-0.3, -0.25) is 14.6 Å². The number of carboxylic acid groups (broad SMARTS) is 1. The molecule has 2 N–H and O–H groups in total.